The van der Waals surface area contributed by atoms with E-state index in [9.17, 15) is 4.79 Å². The van der Waals surface area contributed by atoms with E-state index in [1.807, 2.05) is 84.8 Å². The largest absolute Gasteiger partial charge is 0.361 e. The number of hydrogen-bond donors (Lipinski definition) is 2. The Hall–Kier alpha value is -4.46. The van der Waals surface area contributed by atoms with Crippen LogP contribution in [0.3, 0.4) is 0 Å². The summed E-state index contributed by atoms with van der Waals surface area (Å²) in [5.74, 6) is 0.675. The summed E-state index contributed by atoms with van der Waals surface area (Å²) in [4.78, 5) is 22.0. The molecule has 8 nitrogen and oxygen atoms in total. The molecule has 3 aromatic heterocycles. The lowest BCUT2D eigenvalue weighted by Crippen LogP contribution is -2.25. The Kier molecular flexibility index (Phi) is 5.25. The fourth-order valence-electron chi connectivity index (χ4n) is 4.11. The summed E-state index contributed by atoms with van der Waals surface area (Å²) in [7, 11) is 1.92. The van der Waals surface area contributed by atoms with Gasteiger partial charge in [0.05, 0.1) is 29.8 Å². The summed E-state index contributed by atoms with van der Waals surface area (Å²) in [5, 5.41) is 10.7. The van der Waals surface area contributed by atoms with E-state index >= 15 is 0 Å². The minimum absolute atomic E-state index is 0.0191. The van der Waals surface area contributed by atoms with E-state index in [1.165, 1.54) is 0 Å². The molecule has 1 aliphatic carbocycles. The van der Waals surface area contributed by atoms with E-state index in [4.69, 9.17) is 9.97 Å². The number of carbonyl (C=O) groups excluding carboxylic acids is 1. The Morgan fingerprint density at radius 3 is 2.54 bits per heavy atom. The second kappa shape index (κ2) is 8.72. The summed E-state index contributed by atoms with van der Waals surface area (Å²) >= 11 is 0. The summed E-state index contributed by atoms with van der Waals surface area (Å²) in [6, 6.07) is 20.1. The number of aryl methyl sites for hydroxylation is 1. The maximum atomic E-state index is 12.4. The molecule has 35 heavy (non-hydrogen) atoms. The monoisotopic (exact) mass is 463 g/mol. The van der Waals surface area contributed by atoms with Crippen LogP contribution in [0.4, 0.5) is 5.82 Å². The lowest BCUT2D eigenvalue weighted by molar-refractivity contribution is 0.0951. The lowest BCUT2D eigenvalue weighted by atomic mass is 10.1. The average Bonchev–Trinajstić information content (AvgIpc) is 3.45. The molecule has 2 N–H and O–H groups in total. The van der Waals surface area contributed by atoms with Gasteiger partial charge < -0.3 is 10.6 Å². The topological polar surface area (TPSA) is 89.1 Å². The van der Waals surface area contributed by atoms with E-state index in [0.29, 0.717) is 24.0 Å². The van der Waals surface area contributed by atoms with Gasteiger partial charge in [-0.05, 0) is 31.0 Å². The van der Waals surface area contributed by atoms with Crippen molar-refractivity contribution >= 4 is 17.4 Å². The summed E-state index contributed by atoms with van der Waals surface area (Å²) < 4.78 is 3.89. The van der Waals surface area contributed by atoms with E-state index in [2.05, 4.69) is 20.1 Å². The number of carbonyl (C=O) groups is 1. The first-order valence-corrected chi connectivity index (χ1v) is 11.7. The Labute approximate surface area is 202 Å². The van der Waals surface area contributed by atoms with Crippen molar-refractivity contribution in [3.8, 4) is 22.5 Å². The highest BCUT2D eigenvalue weighted by atomic mass is 16.1. The molecule has 6 rings (SSSR count). The van der Waals surface area contributed by atoms with Gasteiger partial charge in [-0.25, -0.2) is 9.97 Å². The van der Waals surface area contributed by atoms with Gasteiger partial charge in [0, 0.05) is 42.2 Å². The van der Waals surface area contributed by atoms with Crippen LogP contribution >= 0.6 is 0 Å². The predicted octanol–water partition coefficient (Wildman–Crippen LogP) is 4.30. The number of anilines is 1. The molecule has 5 aromatic rings. The number of benzene rings is 2. The molecule has 1 fully saturated rings. The average molecular weight is 464 g/mol. The Morgan fingerprint density at radius 2 is 1.83 bits per heavy atom. The van der Waals surface area contributed by atoms with Crippen LogP contribution in [0.25, 0.3) is 28.2 Å². The second-order valence-electron chi connectivity index (χ2n) is 8.80. The molecule has 0 atom stereocenters. The van der Waals surface area contributed by atoms with Gasteiger partial charge in [-0.2, -0.15) is 5.10 Å². The highest BCUT2D eigenvalue weighted by molar-refractivity contribution is 5.95. The van der Waals surface area contributed by atoms with E-state index in [0.717, 1.165) is 46.7 Å². The lowest BCUT2D eigenvalue weighted by Gasteiger charge is -2.12. The smallest absolute Gasteiger partial charge is 0.251 e. The number of rotatable bonds is 7. The predicted molar refractivity (Wildman–Crippen MR) is 135 cm³/mol. The molecule has 0 spiro atoms. The zero-order valence-electron chi connectivity index (χ0n) is 19.3. The first kappa shape index (κ1) is 21.1. The van der Waals surface area contributed by atoms with Crippen molar-refractivity contribution in [3.05, 3.63) is 90.5 Å². The fraction of sp³-hybridized carbons (Fsp3) is 0.185. The first-order chi connectivity index (χ1) is 17.2. The van der Waals surface area contributed by atoms with Crippen molar-refractivity contribution < 1.29 is 4.79 Å². The summed E-state index contributed by atoms with van der Waals surface area (Å²) in [6.07, 6.45) is 7.78. The second-order valence-corrected chi connectivity index (χ2v) is 8.80. The van der Waals surface area contributed by atoms with Gasteiger partial charge in [-0.15, -0.1) is 0 Å². The normalized spacial score (nSPS) is 13.2. The number of fused-ring (bicyclic) bond motifs is 1. The molecule has 0 unspecified atom stereocenters. The number of hydrogen-bond acceptors (Lipinski definition) is 5. The molecule has 1 amide bonds. The molecule has 1 saturated carbocycles. The number of aromatic nitrogens is 5. The molecule has 174 valence electrons. The van der Waals surface area contributed by atoms with Crippen molar-refractivity contribution in [1.82, 2.24) is 29.5 Å². The minimum Gasteiger partial charge on any atom is -0.361 e. The van der Waals surface area contributed by atoms with Gasteiger partial charge in [0.1, 0.15) is 0 Å². The van der Waals surface area contributed by atoms with Crippen LogP contribution in [0.2, 0.25) is 0 Å². The van der Waals surface area contributed by atoms with Gasteiger partial charge in [-0.3, -0.25) is 13.9 Å². The molecule has 8 heteroatoms. The van der Waals surface area contributed by atoms with Gasteiger partial charge in [0.2, 0.25) is 0 Å². The third-order valence-corrected chi connectivity index (χ3v) is 6.28. The van der Waals surface area contributed by atoms with Crippen molar-refractivity contribution in [3.63, 3.8) is 0 Å². The van der Waals surface area contributed by atoms with Crippen LogP contribution in [0.1, 0.15) is 28.9 Å². The van der Waals surface area contributed by atoms with Gasteiger partial charge >= 0.3 is 0 Å². The minimum atomic E-state index is -0.0191. The van der Waals surface area contributed by atoms with Crippen LogP contribution in [-0.2, 0) is 13.6 Å². The number of imidazole rings is 1. The molecule has 0 saturated heterocycles. The van der Waals surface area contributed by atoms with Gasteiger partial charge in [0.25, 0.3) is 5.91 Å². The Bertz CT molecular complexity index is 1500. The molecule has 1 aliphatic rings. The third-order valence-electron chi connectivity index (χ3n) is 6.28. The number of amides is 1. The van der Waals surface area contributed by atoms with Gasteiger partial charge in [0.15, 0.2) is 11.5 Å². The fourth-order valence-corrected chi connectivity index (χ4v) is 4.11. The highest BCUT2D eigenvalue weighted by Crippen LogP contribution is 2.28. The maximum absolute atomic E-state index is 12.4. The zero-order chi connectivity index (χ0) is 23.8. The van der Waals surface area contributed by atoms with Crippen LogP contribution < -0.4 is 10.6 Å². The Balaban J connectivity index is 1.38. The van der Waals surface area contributed by atoms with Crippen LogP contribution in [0.15, 0.2) is 79.3 Å². The van der Waals surface area contributed by atoms with E-state index in [1.54, 1.807) is 6.20 Å². The quantitative estimate of drug-likeness (QED) is 0.376. The highest BCUT2D eigenvalue weighted by Gasteiger charge is 2.23. The molecular weight excluding hydrogens is 438 g/mol. The SMILES string of the molecule is Cn1nccc1CNc1nc(-c2ccccc2)cn2c(-c3ccc(C(=O)NC4CC4)cc3)cnc12. The Morgan fingerprint density at radius 1 is 1.03 bits per heavy atom. The number of nitrogens with one attached hydrogen (secondary N) is 2. The third kappa shape index (κ3) is 4.26. The standard InChI is InChI=1S/C27H25N7O/c1-33-22(13-14-30-33)15-28-25-26-29-16-24(34(26)17-23(32-25)18-5-3-2-4-6-18)19-7-9-20(10-8-19)27(35)31-21-11-12-21/h2-10,13-14,16-17,21H,11-12,15H2,1H3,(H,28,32)(H,31,35). The first-order valence-electron chi connectivity index (χ1n) is 11.7. The molecule has 0 aliphatic heterocycles. The van der Waals surface area contributed by atoms with Crippen LogP contribution in [-0.4, -0.2) is 36.1 Å². The van der Waals surface area contributed by atoms with E-state index < -0.39 is 0 Å². The number of nitrogens with zero attached hydrogens (tertiary/aromatic N) is 5. The maximum Gasteiger partial charge on any atom is 0.251 e. The molecule has 0 radical (unpaired) electrons. The van der Waals surface area contributed by atoms with Crippen molar-refractivity contribution in [2.75, 3.05) is 5.32 Å². The zero-order valence-corrected chi connectivity index (χ0v) is 19.3. The summed E-state index contributed by atoms with van der Waals surface area (Å²) in [6.45, 7) is 0.574. The molecule has 3 heterocycles. The van der Waals surface area contributed by atoms with Crippen LogP contribution in [0, 0.1) is 0 Å². The van der Waals surface area contributed by atoms with Crippen LogP contribution in [0.5, 0.6) is 0 Å². The van der Waals surface area contributed by atoms with E-state index in [-0.39, 0.29) is 5.91 Å². The van der Waals surface area contributed by atoms with Crippen molar-refractivity contribution in [1.29, 1.82) is 0 Å². The van der Waals surface area contributed by atoms with Crippen molar-refractivity contribution in [2.24, 2.45) is 7.05 Å². The summed E-state index contributed by atoms with van der Waals surface area (Å²) in [5.41, 5.74) is 6.20. The molecular formula is C27H25N7O. The van der Waals surface area contributed by atoms with Crippen molar-refractivity contribution in [2.45, 2.75) is 25.4 Å². The molecule has 2 aromatic carbocycles. The molecule has 0 bridgehead atoms. The van der Waals surface area contributed by atoms with Gasteiger partial charge in [-0.1, -0.05) is 42.5 Å².